The minimum atomic E-state index is -1.02. The average molecular weight is 280 g/mol. The molecule has 2 rings (SSSR count). The number of amides is 1. The zero-order valence-corrected chi connectivity index (χ0v) is 11.7. The Bertz CT molecular complexity index is 495. The second-order valence-electron chi connectivity index (χ2n) is 4.87. The topological polar surface area (TPSA) is 98.6 Å². The van der Waals surface area contributed by atoms with E-state index in [1.165, 1.54) is 4.90 Å². The van der Waals surface area contributed by atoms with E-state index in [2.05, 4.69) is 15.3 Å². The van der Waals surface area contributed by atoms with Gasteiger partial charge in [-0.2, -0.15) is 0 Å². The molecule has 110 valence electrons. The Morgan fingerprint density at radius 2 is 2.20 bits per heavy atom. The summed E-state index contributed by atoms with van der Waals surface area (Å²) in [7, 11) is 0. The van der Waals surface area contributed by atoms with Crippen LogP contribution in [0.5, 0.6) is 0 Å². The number of likely N-dealkylation sites (tertiary alicyclic amines) is 1. The quantitative estimate of drug-likeness (QED) is 0.752. The summed E-state index contributed by atoms with van der Waals surface area (Å²) in [4.78, 5) is 21.0. The van der Waals surface area contributed by atoms with E-state index < -0.39 is 12.2 Å². The maximum absolute atomic E-state index is 10.9. The van der Waals surface area contributed by atoms with Gasteiger partial charge in [-0.05, 0) is 12.8 Å². The first kappa shape index (κ1) is 14.5. The molecule has 7 heteroatoms. The summed E-state index contributed by atoms with van der Waals surface area (Å²) in [5.41, 5.74) is 1.69. The summed E-state index contributed by atoms with van der Waals surface area (Å²) in [6.45, 7) is 4.35. The van der Waals surface area contributed by atoms with Gasteiger partial charge in [-0.3, -0.25) is 4.98 Å². The molecule has 0 aliphatic carbocycles. The number of carbonyl (C=O) groups is 1. The molecule has 0 aromatic carbocycles. The van der Waals surface area contributed by atoms with Crippen molar-refractivity contribution >= 4 is 11.9 Å². The Balaban J connectivity index is 2.15. The number of anilines is 1. The van der Waals surface area contributed by atoms with Gasteiger partial charge in [0.25, 0.3) is 0 Å². The Hall–Kier alpha value is -1.89. The van der Waals surface area contributed by atoms with Crippen molar-refractivity contribution in [1.82, 2.24) is 14.9 Å². The molecule has 2 heterocycles. The van der Waals surface area contributed by atoms with Crippen molar-refractivity contribution in [3.63, 3.8) is 0 Å². The van der Waals surface area contributed by atoms with Crippen LogP contribution in [0, 0.1) is 0 Å². The van der Waals surface area contributed by atoms with Gasteiger partial charge in [-0.25, -0.2) is 9.78 Å². The van der Waals surface area contributed by atoms with Crippen molar-refractivity contribution in [2.24, 2.45) is 0 Å². The number of aliphatic hydroxyl groups excluding tert-OH is 1. The molecule has 1 saturated heterocycles. The van der Waals surface area contributed by atoms with Crippen molar-refractivity contribution < 1.29 is 15.0 Å². The lowest BCUT2D eigenvalue weighted by Gasteiger charge is -2.18. The lowest BCUT2D eigenvalue weighted by Crippen LogP contribution is -2.33. The van der Waals surface area contributed by atoms with Crippen molar-refractivity contribution in [3.8, 4) is 0 Å². The van der Waals surface area contributed by atoms with Gasteiger partial charge in [-0.15, -0.1) is 0 Å². The third-order valence-corrected chi connectivity index (χ3v) is 3.48. The highest BCUT2D eigenvalue weighted by Crippen LogP contribution is 2.18. The number of carboxylic acid groups (broad SMARTS) is 1. The summed E-state index contributed by atoms with van der Waals surface area (Å²) in [6, 6.07) is -0.349. The van der Waals surface area contributed by atoms with Gasteiger partial charge in [0.1, 0.15) is 5.82 Å². The number of aromatic nitrogens is 2. The van der Waals surface area contributed by atoms with Crippen LogP contribution in [0.25, 0.3) is 0 Å². The zero-order valence-electron chi connectivity index (χ0n) is 11.7. The third kappa shape index (κ3) is 2.98. The number of aliphatic hydroxyl groups is 1. The van der Waals surface area contributed by atoms with Crippen molar-refractivity contribution in [2.75, 3.05) is 18.4 Å². The number of nitrogens with one attached hydrogen (secondary N) is 1. The fraction of sp³-hybridized carbons (Fsp3) is 0.615. The first-order valence-corrected chi connectivity index (χ1v) is 6.82. The van der Waals surface area contributed by atoms with E-state index in [9.17, 15) is 9.90 Å². The molecule has 1 aliphatic rings. The molecule has 1 amide bonds. The number of rotatable bonds is 4. The molecule has 20 heavy (non-hydrogen) atoms. The molecular formula is C13H20N4O3. The highest BCUT2D eigenvalue weighted by atomic mass is 16.4. The molecule has 2 atom stereocenters. The highest BCUT2D eigenvalue weighted by molar-refractivity contribution is 5.65. The molecule has 1 aromatic heterocycles. The number of hydrogen-bond acceptors (Lipinski definition) is 5. The molecule has 1 aromatic rings. The Kier molecular flexibility index (Phi) is 4.39. The van der Waals surface area contributed by atoms with E-state index in [0.717, 1.165) is 24.2 Å². The molecule has 0 bridgehead atoms. The predicted octanol–water partition coefficient (Wildman–Crippen LogP) is 0.736. The highest BCUT2D eigenvalue weighted by Gasteiger charge is 2.34. The summed E-state index contributed by atoms with van der Waals surface area (Å²) >= 11 is 0. The molecule has 0 unspecified atom stereocenters. The average Bonchev–Trinajstić information content (AvgIpc) is 2.80. The standard InChI is InChI=1S/C13H20N4O3/c1-3-8-5-14-9(4-2)12(15-8)16-10-6-17(13(19)20)7-11(10)18/h5,10-11,18H,3-4,6-7H2,1-2H3,(H,15,16)(H,19,20)/t10-,11+/m1/s1. The van der Waals surface area contributed by atoms with E-state index in [4.69, 9.17) is 5.11 Å². The largest absolute Gasteiger partial charge is 0.465 e. The van der Waals surface area contributed by atoms with Crippen LogP contribution in [-0.4, -0.2) is 56.4 Å². The summed E-state index contributed by atoms with van der Waals surface area (Å²) < 4.78 is 0. The van der Waals surface area contributed by atoms with Crippen LogP contribution >= 0.6 is 0 Å². The van der Waals surface area contributed by atoms with Crippen molar-refractivity contribution in [1.29, 1.82) is 0 Å². The second-order valence-corrected chi connectivity index (χ2v) is 4.87. The predicted molar refractivity (Wildman–Crippen MR) is 73.8 cm³/mol. The van der Waals surface area contributed by atoms with E-state index in [0.29, 0.717) is 5.82 Å². The monoisotopic (exact) mass is 280 g/mol. The zero-order chi connectivity index (χ0) is 14.7. The van der Waals surface area contributed by atoms with Gasteiger partial charge in [0.05, 0.1) is 30.1 Å². The molecule has 3 N–H and O–H groups in total. The van der Waals surface area contributed by atoms with Gasteiger partial charge in [0.2, 0.25) is 0 Å². The van der Waals surface area contributed by atoms with Gasteiger partial charge in [0.15, 0.2) is 0 Å². The van der Waals surface area contributed by atoms with Crippen LogP contribution in [0.15, 0.2) is 6.20 Å². The first-order valence-electron chi connectivity index (χ1n) is 6.82. The van der Waals surface area contributed by atoms with Gasteiger partial charge in [0, 0.05) is 12.7 Å². The minimum absolute atomic E-state index is 0.120. The molecule has 1 aliphatic heterocycles. The second kappa shape index (κ2) is 6.04. The normalized spacial score (nSPS) is 22.1. The van der Waals surface area contributed by atoms with E-state index in [1.54, 1.807) is 6.20 Å². The maximum atomic E-state index is 10.9. The fourth-order valence-electron chi connectivity index (χ4n) is 2.26. The lowest BCUT2D eigenvalue weighted by molar-refractivity contribution is 0.139. The van der Waals surface area contributed by atoms with Crippen LogP contribution in [-0.2, 0) is 12.8 Å². The van der Waals surface area contributed by atoms with E-state index in [1.807, 2.05) is 13.8 Å². The van der Waals surface area contributed by atoms with Gasteiger partial charge < -0.3 is 20.4 Å². The van der Waals surface area contributed by atoms with E-state index in [-0.39, 0.29) is 19.1 Å². The minimum Gasteiger partial charge on any atom is -0.465 e. The number of β-amino-alcohol motifs (C(OH)–C–C–N with tert-alkyl or cyclic N) is 1. The van der Waals surface area contributed by atoms with Crippen LogP contribution in [0.1, 0.15) is 25.2 Å². The molecule has 0 spiro atoms. The molecule has 7 nitrogen and oxygen atoms in total. The van der Waals surface area contributed by atoms with Crippen LogP contribution in [0.4, 0.5) is 10.6 Å². The maximum Gasteiger partial charge on any atom is 0.407 e. The van der Waals surface area contributed by atoms with E-state index >= 15 is 0 Å². The SMILES string of the molecule is CCc1cnc(CC)c(N[C@@H]2CN(C(=O)O)C[C@@H]2O)n1. The Morgan fingerprint density at radius 3 is 2.75 bits per heavy atom. The summed E-state index contributed by atoms with van der Waals surface area (Å²) in [6.07, 6.45) is 1.50. The van der Waals surface area contributed by atoms with Crippen molar-refractivity contribution in [3.05, 3.63) is 17.6 Å². The third-order valence-electron chi connectivity index (χ3n) is 3.48. The fourth-order valence-corrected chi connectivity index (χ4v) is 2.26. The van der Waals surface area contributed by atoms with Crippen LogP contribution in [0.2, 0.25) is 0 Å². The van der Waals surface area contributed by atoms with Gasteiger partial charge >= 0.3 is 6.09 Å². The smallest absolute Gasteiger partial charge is 0.407 e. The summed E-state index contributed by atoms with van der Waals surface area (Å²) in [5, 5.41) is 22.0. The molecule has 0 saturated carbocycles. The first-order chi connectivity index (χ1) is 9.55. The Morgan fingerprint density at radius 1 is 1.45 bits per heavy atom. The number of aryl methyl sites for hydroxylation is 2. The summed E-state index contributed by atoms with van der Waals surface area (Å²) in [5.74, 6) is 0.642. The van der Waals surface area contributed by atoms with Crippen LogP contribution < -0.4 is 5.32 Å². The Labute approximate surface area is 117 Å². The molecule has 1 fully saturated rings. The van der Waals surface area contributed by atoms with Crippen molar-refractivity contribution in [2.45, 2.75) is 38.8 Å². The van der Waals surface area contributed by atoms with Gasteiger partial charge in [-0.1, -0.05) is 13.8 Å². The lowest BCUT2D eigenvalue weighted by atomic mass is 10.2. The molecular weight excluding hydrogens is 260 g/mol. The van der Waals surface area contributed by atoms with Crippen LogP contribution in [0.3, 0.4) is 0 Å². The number of hydrogen-bond donors (Lipinski definition) is 3. The molecule has 0 radical (unpaired) electrons. The number of nitrogens with zero attached hydrogens (tertiary/aromatic N) is 3.